The maximum atomic E-state index is 13.5. The second kappa shape index (κ2) is 9.39. The van der Waals surface area contributed by atoms with E-state index in [1.54, 1.807) is 27.7 Å². The van der Waals surface area contributed by atoms with E-state index in [0.717, 1.165) is 12.1 Å². The molecule has 2 fully saturated rings. The smallest absolute Gasteiger partial charge is 0.416 e. The van der Waals surface area contributed by atoms with Gasteiger partial charge in [0.25, 0.3) is 0 Å². The molecule has 2 saturated heterocycles. The molecule has 0 aromatic heterocycles. The Morgan fingerprint density at radius 3 is 2.38 bits per heavy atom. The van der Waals surface area contributed by atoms with E-state index in [9.17, 15) is 31.2 Å². The van der Waals surface area contributed by atoms with E-state index in [0.29, 0.717) is 0 Å². The van der Waals surface area contributed by atoms with Crippen molar-refractivity contribution in [3.05, 3.63) is 35.4 Å². The molecule has 0 radical (unpaired) electrons. The number of hydrogen-bond donors (Lipinski definition) is 0. The summed E-state index contributed by atoms with van der Waals surface area (Å²) in [5.41, 5.74) is -1.34. The number of alkyl halides is 3. The summed E-state index contributed by atoms with van der Waals surface area (Å²) in [6.07, 6.45) is -4.82. The van der Waals surface area contributed by atoms with Crippen LogP contribution in [0.2, 0.25) is 0 Å². The first-order valence-corrected chi connectivity index (χ1v) is 13.0. The van der Waals surface area contributed by atoms with Gasteiger partial charge in [-0.05, 0) is 58.2 Å². The Hall–Kier alpha value is -2.30. The lowest BCUT2D eigenvalue weighted by Gasteiger charge is -2.43. The Labute approximate surface area is 198 Å². The topological polar surface area (TPSA) is 84.0 Å². The highest BCUT2D eigenvalue weighted by molar-refractivity contribution is 7.92. The van der Waals surface area contributed by atoms with Gasteiger partial charge in [-0.2, -0.15) is 13.2 Å². The molecule has 0 N–H and O–H groups in total. The van der Waals surface area contributed by atoms with Gasteiger partial charge in [-0.25, -0.2) is 13.2 Å². The van der Waals surface area contributed by atoms with Crippen LogP contribution in [0.4, 0.5) is 18.0 Å². The van der Waals surface area contributed by atoms with Crippen molar-refractivity contribution < 1.29 is 35.9 Å². The molecule has 7 nitrogen and oxygen atoms in total. The number of amides is 2. The Kier molecular flexibility index (Phi) is 7.27. The van der Waals surface area contributed by atoms with E-state index < -0.39 is 50.5 Å². The Morgan fingerprint density at radius 2 is 1.79 bits per heavy atom. The van der Waals surface area contributed by atoms with E-state index >= 15 is 0 Å². The Morgan fingerprint density at radius 1 is 1.12 bits per heavy atom. The highest BCUT2D eigenvalue weighted by atomic mass is 32.2. The van der Waals surface area contributed by atoms with Crippen molar-refractivity contribution in [1.82, 2.24) is 9.80 Å². The van der Waals surface area contributed by atoms with Crippen molar-refractivity contribution in [3.63, 3.8) is 0 Å². The van der Waals surface area contributed by atoms with Crippen LogP contribution in [-0.4, -0.2) is 66.5 Å². The van der Waals surface area contributed by atoms with E-state index in [1.807, 2.05) is 0 Å². The van der Waals surface area contributed by atoms with Crippen molar-refractivity contribution in [3.8, 4) is 0 Å². The van der Waals surface area contributed by atoms with Gasteiger partial charge in [0.15, 0.2) is 9.84 Å². The summed E-state index contributed by atoms with van der Waals surface area (Å²) in [7, 11) is -3.25. The molecular weight excluding hydrogens is 473 g/mol. The number of halogens is 3. The van der Waals surface area contributed by atoms with Crippen LogP contribution in [0.3, 0.4) is 0 Å². The summed E-state index contributed by atoms with van der Waals surface area (Å²) >= 11 is 0. The van der Waals surface area contributed by atoms with Crippen LogP contribution < -0.4 is 0 Å². The van der Waals surface area contributed by atoms with Gasteiger partial charge >= 0.3 is 12.3 Å². The molecule has 0 bridgehead atoms. The number of rotatable bonds is 2. The molecule has 1 aromatic carbocycles. The van der Waals surface area contributed by atoms with Gasteiger partial charge in [0.2, 0.25) is 5.91 Å². The lowest BCUT2D eigenvalue weighted by Crippen LogP contribution is -2.55. The third-order valence-electron chi connectivity index (χ3n) is 6.24. The fourth-order valence-electron chi connectivity index (χ4n) is 4.38. The molecule has 2 heterocycles. The van der Waals surface area contributed by atoms with Crippen LogP contribution >= 0.6 is 0 Å². The zero-order valence-electron chi connectivity index (χ0n) is 19.8. The molecule has 3 rings (SSSR count). The van der Waals surface area contributed by atoms with E-state index in [-0.39, 0.29) is 49.7 Å². The van der Waals surface area contributed by atoms with Crippen molar-refractivity contribution in [2.75, 3.05) is 25.4 Å². The number of benzene rings is 1. The maximum Gasteiger partial charge on any atom is 0.416 e. The first-order valence-electron chi connectivity index (χ1n) is 11.3. The number of hydrogen-bond acceptors (Lipinski definition) is 5. The van der Waals surface area contributed by atoms with E-state index in [4.69, 9.17) is 4.74 Å². The minimum atomic E-state index is -4.56. The fraction of sp³-hybridized carbons (Fsp3) is 0.652. The minimum absolute atomic E-state index is 0.0253. The number of carbonyl (C=O) groups is 2. The Bertz CT molecular complexity index is 1040. The normalized spacial score (nSPS) is 25.7. The first kappa shape index (κ1) is 26.3. The molecule has 34 heavy (non-hydrogen) atoms. The average molecular weight is 505 g/mol. The van der Waals surface area contributed by atoms with E-state index in [2.05, 4.69) is 0 Å². The predicted octanol–water partition coefficient (Wildman–Crippen LogP) is 4.04. The van der Waals surface area contributed by atoms with Crippen LogP contribution in [0.25, 0.3) is 0 Å². The maximum absolute atomic E-state index is 13.5. The molecule has 0 saturated carbocycles. The first-order chi connectivity index (χ1) is 15.6. The van der Waals surface area contributed by atoms with Gasteiger partial charge in [0.1, 0.15) is 5.60 Å². The zero-order valence-corrected chi connectivity index (χ0v) is 20.6. The molecule has 11 heteroatoms. The molecule has 0 aliphatic carbocycles. The van der Waals surface area contributed by atoms with Gasteiger partial charge in [0, 0.05) is 25.6 Å². The Balaban J connectivity index is 1.91. The molecule has 2 aliphatic heterocycles. The standard InChI is InChI=1S/C23H31F3N2O5S/c1-15-12-17(8-11-34(15,31)32)20(29)28-10-9-27(21(30)33-22(2,3)4)14-19(28)16-6-5-7-18(13-16)23(24,25)26/h5-7,13,15,17,19H,8-12,14H2,1-4H3. The lowest BCUT2D eigenvalue weighted by atomic mass is 9.94. The third-order valence-corrected chi connectivity index (χ3v) is 8.47. The average Bonchev–Trinajstić information content (AvgIpc) is 2.73. The SMILES string of the molecule is CC1CC(C(=O)N2CCN(C(=O)OC(C)(C)C)CC2c2cccc(C(F)(F)F)c2)CCS1(=O)=O. The summed E-state index contributed by atoms with van der Waals surface area (Å²) in [6.45, 7) is 6.96. The number of sulfone groups is 1. The lowest BCUT2D eigenvalue weighted by molar-refractivity contribution is -0.141. The van der Waals surface area contributed by atoms with Crippen molar-refractivity contribution in [1.29, 1.82) is 0 Å². The van der Waals surface area contributed by atoms with Gasteiger partial charge in [-0.15, -0.1) is 0 Å². The zero-order chi connectivity index (χ0) is 25.5. The molecule has 0 spiro atoms. The highest BCUT2D eigenvalue weighted by Gasteiger charge is 2.41. The van der Waals surface area contributed by atoms with Gasteiger partial charge in [-0.1, -0.05) is 12.1 Å². The molecule has 1 aromatic rings. The molecular formula is C23H31F3N2O5S. The quantitative estimate of drug-likeness (QED) is 0.607. The number of piperazine rings is 1. The number of nitrogens with zero attached hydrogens (tertiary/aromatic N) is 2. The monoisotopic (exact) mass is 504 g/mol. The van der Waals surface area contributed by atoms with Gasteiger partial charge in [0.05, 0.1) is 22.6 Å². The third kappa shape index (κ3) is 6.03. The highest BCUT2D eigenvalue weighted by Crippen LogP contribution is 2.35. The summed E-state index contributed by atoms with van der Waals surface area (Å²) in [4.78, 5) is 29.0. The predicted molar refractivity (Wildman–Crippen MR) is 120 cm³/mol. The largest absolute Gasteiger partial charge is 0.444 e. The summed E-state index contributed by atoms with van der Waals surface area (Å²) in [6, 6.07) is 3.93. The minimum Gasteiger partial charge on any atom is -0.444 e. The number of carbonyl (C=O) groups excluding carboxylic acids is 2. The van der Waals surface area contributed by atoms with Crippen LogP contribution in [0.1, 0.15) is 57.7 Å². The van der Waals surface area contributed by atoms with Crippen molar-refractivity contribution in [2.45, 2.75) is 63.6 Å². The van der Waals surface area contributed by atoms with Gasteiger partial charge < -0.3 is 14.5 Å². The second-order valence-electron chi connectivity index (χ2n) is 10.00. The van der Waals surface area contributed by atoms with Crippen molar-refractivity contribution >= 4 is 21.8 Å². The van der Waals surface area contributed by atoms with Crippen molar-refractivity contribution in [2.24, 2.45) is 5.92 Å². The molecule has 3 atom stereocenters. The summed E-state index contributed by atoms with van der Waals surface area (Å²) < 4.78 is 69.7. The summed E-state index contributed by atoms with van der Waals surface area (Å²) in [5, 5.41) is -0.662. The van der Waals surface area contributed by atoms with Crippen LogP contribution in [0, 0.1) is 5.92 Å². The second-order valence-corrected chi connectivity index (χ2v) is 12.5. The summed E-state index contributed by atoms with van der Waals surface area (Å²) in [5.74, 6) is -0.940. The molecule has 2 aliphatic rings. The molecule has 3 unspecified atom stereocenters. The van der Waals surface area contributed by atoms with Gasteiger partial charge in [-0.3, -0.25) is 4.79 Å². The van der Waals surface area contributed by atoms with Crippen LogP contribution in [-0.2, 0) is 25.5 Å². The molecule has 190 valence electrons. The fourth-order valence-corrected chi connectivity index (χ4v) is 5.92. The van der Waals surface area contributed by atoms with E-state index in [1.165, 1.54) is 21.9 Å². The van der Waals surface area contributed by atoms with Crippen LogP contribution in [0.5, 0.6) is 0 Å². The van der Waals surface area contributed by atoms with Crippen LogP contribution in [0.15, 0.2) is 24.3 Å². The number of ether oxygens (including phenoxy) is 1. The molecule has 2 amide bonds.